The van der Waals surface area contributed by atoms with Crippen LogP contribution in [0, 0.1) is 0 Å². The molecule has 19 heavy (non-hydrogen) atoms. The molecule has 1 aromatic carbocycles. The van der Waals surface area contributed by atoms with Crippen LogP contribution in [-0.4, -0.2) is 29.0 Å². The third-order valence-corrected chi connectivity index (χ3v) is 3.60. The van der Waals surface area contributed by atoms with E-state index in [0.29, 0.717) is 6.42 Å². The molecule has 1 unspecified atom stereocenters. The number of nitrogens with one attached hydrogen (secondary N) is 1. The number of carbonyl (C=O) groups is 2. The molecule has 104 valence electrons. The van der Waals surface area contributed by atoms with Crippen molar-refractivity contribution in [2.75, 3.05) is 12.0 Å². The summed E-state index contributed by atoms with van der Waals surface area (Å²) in [7, 11) is 0. The van der Waals surface area contributed by atoms with Crippen LogP contribution in [0.1, 0.15) is 24.4 Å². The molecule has 0 saturated heterocycles. The maximum Gasteiger partial charge on any atom is 0.305 e. The Morgan fingerprint density at radius 1 is 1.47 bits per heavy atom. The second-order valence-electron chi connectivity index (χ2n) is 4.02. The third-order valence-electron chi connectivity index (χ3n) is 2.50. The Morgan fingerprint density at radius 3 is 2.79 bits per heavy atom. The van der Waals surface area contributed by atoms with E-state index in [1.807, 2.05) is 30.5 Å². The van der Waals surface area contributed by atoms with E-state index in [4.69, 9.17) is 5.11 Å². The maximum absolute atomic E-state index is 11.7. The Morgan fingerprint density at radius 2 is 2.21 bits per heavy atom. The SMILES string of the molecule is CSCCC(=O)NC(CC(=O)O)c1cccc(Br)c1. The fourth-order valence-corrected chi connectivity index (χ4v) is 2.42. The van der Waals surface area contributed by atoms with Crippen molar-refractivity contribution in [2.24, 2.45) is 0 Å². The van der Waals surface area contributed by atoms with Crippen LogP contribution in [0.15, 0.2) is 28.7 Å². The highest BCUT2D eigenvalue weighted by molar-refractivity contribution is 9.10. The molecule has 1 aromatic rings. The summed E-state index contributed by atoms with van der Waals surface area (Å²) in [6.07, 6.45) is 2.20. The number of carbonyl (C=O) groups excluding carboxylic acids is 1. The minimum absolute atomic E-state index is 0.124. The lowest BCUT2D eigenvalue weighted by Gasteiger charge is -2.17. The molecule has 0 aliphatic carbocycles. The number of carboxylic acid groups (broad SMARTS) is 1. The highest BCUT2D eigenvalue weighted by Gasteiger charge is 2.18. The summed E-state index contributed by atoms with van der Waals surface area (Å²) in [5, 5.41) is 11.7. The lowest BCUT2D eigenvalue weighted by molar-refractivity contribution is -0.137. The van der Waals surface area contributed by atoms with Gasteiger partial charge in [0.25, 0.3) is 0 Å². The second-order valence-corrected chi connectivity index (χ2v) is 5.92. The van der Waals surface area contributed by atoms with E-state index in [9.17, 15) is 9.59 Å². The van der Waals surface area contributed by atoms with Crippen molar-refractivity contribution in [3.63, 3.8) is 0 Å². The van der Waals surface area contributed by atoms with E-state index in [1.54, 1.807) is 11.8 Å². The average molecular weight is 346 g/mol. The average Bonchev–Trinajstić information content (AvgIpc) is 2.35. The summed E-state index contributed by atoms with van der Waals surface area (Å²) in [6, 6.07) is 6.82. The van der Waals surface area contributed by atoms with Gasteiger partial charge in [-0.2, -0.15) is 11.8 Å². The van der Waals surface area contributed by atoms with E-state index in [2.05, 4.69) is 21.2 Å². The second kappa shape index (κ2) is 8.22. The van der Waals surface area contributed by atoms with Gasteiger partial charge < -0.3 is 10.4 Å². The molecule has 0 aliphatic heterocycles. The van der Waals surface area contributed by atoms with E-state index in [-0.39, 0.29) is 12.3 Å². The van der Waals surface area contributed by atoms with Crippen molar-refractivity contribution >= 4 is 39.6 Å². The van der Waals surface area contributed by atoms with Gasteiger partial charge in [-0.25, -0.2) is 0 Å². The summed E-state index contributed by atoms with van der Waals surface area (Å²) in [5.74, 6) is -0.333. The van der Waals surface area contributed by atoms with Crippen molar-refractivity contribution < 1.29 is 14.7 Å². The number of halogens is 1. The predicted molar refractivity (Wildman–Crippen MR) is 80.3 cm³/mol. The molecule has 1 amide bonds. The van der Waals surface area contributed by atoms with Crippen LogP contribution in [0.4, 0.5) is 0 Å². The molecule has 0 heterocycles. The minimum Gasteiger partial charge on any atom is -0.481 e. The molecule has 0 radical (unpaired) electrons. The number of carboxylic acids is 1. The van der Waals surface area contributed by atoms with Crippen LogP contribution >= 0.6 is 27.7 Å². The van der Waals surface area contributed by atoms with Gasteiger partial charge >= 0.3 is 5.97 Å². The summed E-state index contributed by atoms with van der Waals surface area (Å²) < 4.78 is 0.860. The molecule has 0 spiro atoms. The van der Waals surface area contributed by atoms with E-state index in [0.717, 1.165) is 15.8 Å². The van der Waals surface area contributed by atoms with Gasteiger partial charge in [0.2, 0.25) is 5.91 Å². The van der Waals surface area contributed by atoms with Crippen LogP contribution in [0.2, 0.25) is 0 Å². The lowest BCUT2D eigenvalue weighted by atomic mass is 10.0. The molecular weight excluding hydrogens is 330 g/mol. The predicted octanol–water partition coefficient (Wildman–Crippen LogP) is 2.83. The molecule has 0 saturated carbocycles. The first kappa shape index (κ1) is 16.0. The normalized spacial score (nSPS) is 11.9. The van der Waals surface area contributed by atoms with Crippen LogP contribution in [0.25, 0.3) is 0 Å². The largest absolute Gasteiger partial charge is 0.481 e. The topological polar surface area (TPSA) is 66.4 Å². The molecule has 0 aromatic heterocycles. The van der Waals surface area contributed by atoms with Crippen LogP contribution in [-0.2, 0) is 9.59 Å². The Hall–Kier alpha value is -1.01. The Balaban J connectivity index is 2.77. The summed E-state index contributed by atoms with van der Waals surface area (Å²) in [5.41, 5.74) is 0.786. The zero-order chi connectivity index (χ0) is 14.3. The van der Waals surface area contributed by atoms with Crippen molar-refractivity contribution in [3.8, 4) is 0 Å². The number of hydrogen-bond donors (Lipinski definition) is 2. The standard InChI is InChI=1S/C13H16BrNO3S/c1-19-6-5-12(16)15-11(8-13(17)18)9-3-2-4-10(14)7-9/h2-4,7,11H,5-6,8H2,1H3,(H,15,16)(H,17,18). The molecule has 1 atom stereocenters. The zero-order valence-electron chi connectivity index (χ0n) is 10.6. The van der Waals surface area contributed by atoms with Gasteiger partial charge in [0.1, 0.15) is 0 Å². The molecular formula is C13H16BrNO3S. The summed E-state index contributed by atoms with van der Waals surface area (Å²) >= 11 is 4.93. The zero-order valence-corrected chi connectivity index (χ0v) is 13.0. The molecule has 4 nitrogen and oxygen atoms in total. The first-order valence-corrected chi connectivity index (χ1v) is 7.97. The van der Waals surface area contributed by atoms with Crippen molar-refractivity contribution in [1.29, 1.82) is 0 Å². The highest BCUT2D eigenvalue weighted by Crippen LogP contribution is 2.21. The van der Waals surface area contributed by atoms with Gasteiger partial charge in [-0.15, -0.1) is 0 Å². The number of rotatable bonds is 7. The summed E-state index contributed by atoms with van der Waals surface area (Å²) in [6.45, 7) is 0. The highest BCUT2D eigenvalue weighted by atomic mass is 79.9. The monoisotopic (exact) mass is 345 g/mol. The van der Waals surface area contributed by atoms with E-state index >= 15 is 0 Å². The van der Waals surface area contributed by atoms with Gasteiger partial charge in [0, 0.05) is 16.6 Å². The Kier molecular flexibility index (Phi) is 6.94. The van der Waals surface area contributed by atoms with Gasteiger partial charge in [-0.1, -0.05) is 28.1 Å². The Labute approximate surface area is 125 Å². The van der Waals surface area contributed by atoms with Gasteiger partial charge in [0.05, 0.1) is 12.5 Å². The number of benzene rings is 1. The van der Waals surface area contributed by atoms with Gasteiger partial charge in [-0.3, -0.25) is 9.59 Å². The smallest absolute Gasteiger partial charge is 0.305 e. The fraction of sp³-hybridized carbons (Fsp3) is 0.385. The molecule has 0 fully saturated rings. The number of hydrogen-bond acceptors (Lipinski definition) is 3. The lowest BCUT2D eigenvalue weighted by Crippen LogP contribution is -2.30. The number of aliphatic carboxylic acids is 1. The van der Waals surface area contributed by atoms with Crippen LogP contribution < -0.4 is 5.32 Å². The first-order valence-electron chi connectivity index (χ1n) is 5.78. The fourth-order valence-electron chi connectivity index (χ4n) is 1.61. The van der Waals surface area contributed by atoms with Crippen LogP contribution in [0.3, 0.4) is 0 Å². The quantitative estimate of drug-likeness (QED) is 0.797. The molecule has 0 aliphatic rings. The van der Waals surface area contributed by atoms with E-state index < -0.39 is 12.0 Å². The van der Waals surface area contributed by atoms with Crippen molar-refractivity contribution in [3.05, 3.63) is 34.3 Å². The third kappa shape index (κ3) is 6.11. The van der Waals surface area contributed by atoms with Crippen molar-refractivity contribution in [1.82, 2.24) is 5.32 Å². The van der Waals surface area contributed by atoms with Crippen molar-refractivity contribution in [2.45, 2.75) is 18.9 Å². The number of amides is 1. The van der Waals surface area contributed by atoms with E-state index in [1.165, 1.54) is 0 Å². The Bertz CT molecular complexity index is 453. The summed E-state index contributed by atoms with van der Waals surface area (Å²) in [4.78, 5) is 22.6. The van der Waals surface area contributed by atoms with Gasteiger partial charge in [-0.05, 0) is 24.0 Å². The number of thioether (sulfide) groups is 1. The minimum atomic E-state index is -0.935. The molecule has 6 heteroatoms. The molecule has 2 N–H and O–H groups in total. The molecule has 1 rings (SSSR count). The maximum atomic E-state index is 11.7. The van der Waals surface area contributed by atoms with Crippen LogP contribution in [0.5, 0.6) is 0 Å². The first-order chi connectivity index (χ1) is 9.02. The van der Waals surface area contributed by atoms with Gasteiger partial charge in [0.15, 0.2) is 0 Å². The molecule has 0 bridgehead atoms.